The minimum atomic E-state index is -1.02. The Balaban J connectivity index is 1.64. The third-order valence-electron chi connectivity index (χ3n) is 5.10. The maximum Gasteiger partial charge on any atom is 0.336 e. The van der Waals surface area contributed by atoms with Crippen LogP contribution in [0.15, 0.2) is 66.7 Å². The van der Waals surface area contributed by atoms with Crippen molar-refractivity contribution in [3.63, 3.8) is 0 Å². The van der Waals surface area contributed by atoms with Gasteiger partial charge in [-0.25, -0.2) is 4.79 Å². The third kappa shape index (κ3) is 3.61. The van der Waals surface area contributed by atoms with Crippen molar-refractivity contribution in [1.82, 2.24) is 0 Å². The van der Waals surface area contributed by atoms with Gasteiger partial charge in [-0.15, -0.1) is 0 Å². The van der Waals surface area contributed by atoms with Crippen LogP contribution in [0.1, 0.15) is 27.6 Å². The Morgan fingerprint density at radius 2 is 1.86 bits per heavy atom. The Labute approximate surface area is 168 Å². The van der Waals surface area contributed by atoms with Gasteiger partial charge < -0.3 is 14.9 Å². The standard InChI is InChI=1S/C23H19ClO4/c24-17-7-9-18(23(26)27)20(12-17)15-6-8-19-21(11-15)28-13-16(22(19)25)10-14-4-2-1-3-5-14/h1-9,11-12,16,22,25H,10,13H2,(H,26,27)/t16-,22+/m0/s1. The molecule has 0 unspecified atom stereocenters. The summed E-state index contributed by atoms with van der Waals surface area (Å²) in [5.41, 5.74) is 3.25. The second-order valence-electron chi connectivity index (χ2n) is 6.95. The molecule has 0 radical (unpaired) electrons. The quantitative estimate of drug-likeness (QED) is 0.654. The molecule has 0 aliphatic carbocycles. The molecule has 1 aliphatic heterocycles. The van der Waals surface area contributed by atoms with E-state index in [1.807, 2.05) is 30.3 Å². The van der Waals surface area contributed by atoms with Crippen LogP contribution in [0.25, 0.3) is 11.1 Å². The van der Waals surface area contributed by atoms with Crippen LogP contribution in [0, 0.1) is 5.92 Å². The summed E-state index contributed by atoms with van der Waals surface area (Å²) in [7, 11) is 0. The fourth-order valence-electron chi connectivity index (χ4n) is 3.64. The van der Waals surface area contributed by atoms with Gasteiger partial charge in [0.05, 0.1) is 18.3 Å². The topological polar surface area (TPSA) is 66.8 Å². The van der Waals surface area contributed by atoms with E-state index in [9.17, 15) is 15.0 Å². The van der Waals surface area contributed by atoms with Crippen molar-refractivity contribution in [3.05, 3.63) is 88.4 Å². The number of carbonyl (C=O) groups is 1. The van der Waals surface area contributed by atoms with Gasteiger partial charge in [0, 0.05) is 16.5 Å². The first-order chi connectivity index (χ1) is 13.5. The van der Waals surface area contributed by atoms with Gasteiger partial charge >= 0.3 is 5.97 Å². The number of halogens is 1. The third-order valence-corrected chi connectivity index (χ3v) is 5.33. The van der Waals surface area contributed by atoms with Gasteiger partial charge in [-0.1, -0.05) is 54.1 Å². The highest BCUT2D eigenvalue weighted by Gasteiger charge is 2.30. The van der Waals surface area contributed by atoms with Crippen LogP contribution in [-0.2, 0) is 6.42 Å². The van der Waals surface area contributed by atoms with Crippen molar-refractivity contribution in [3.8, 4) is 16.9 Å². The summed E-state index contributed by atoms with van der Waals surface area (Å²) < 4.78 is 5.93. The van der Waals surface area contributed by atoms with Crippen LogP contribution in [0.4, 0.5) is 0 Å². The van der Waals surface area contributed by atoms with E-state index in [0.717, 1.165) is 17.5 Å². The Hall–Kier alpha value is -2.82. The zero-order valence-corrected chi connectivity index (χ0v) is 15.8. The smallest absolute Gasteiger partial charge is 0.336 e. The highest BCUT2D eigenvalue weighted by atomic mass is 35.5. The molecule has 0 spiro atoms. The van der Waals surface area contributed by atoms with E-state index in [-0.39, 0.29) is 11.5 Å². The van der Waals surface area contributed by atoms with Crippen LogP contribution in [0.3, 0.4) is 0 Å². The molecule has 142 valence electrons. The van der Waals surface area contributed by atoms with E-state index >= 15 is 0 Å². The molecule has 5 heteroatoms. The fraction of sp³-hybridized carbons (Fsp3) is 0.174. The maximum absolute atomic E-state index is 11.5. The zero-order chi connectivity index (χ0) is 19.7. The normalized spacial score (nSPS) is 18.2. The number of ether oxygens (including phenoxy) is 1. The predicted octanol–water partition coefficient (Wildman–Crippen LogP) is 4.99. The largest absolute Gasteiger partial charge is 0.493 e. The number of carboxylic acid groups (broad SMARTS) is 1. The Morgan fingerprint density at radius 1 is 1.07 bits per heavy atom. The van der Waals surface area contributed by atoms with Gasteiger partial charge in [0.2, 0.25) is 0 Å². The van der Waals surface area contributed by atoms with E-state index in [2.05, 4.69) is 0 Å². The van der Waals surface area contributed by atoms with Gasteiger partial charge in [0.1, 0.15) is 5.75 Å². The van der Waals surface area contributed by atoms with E-state index in [1.54, 1.807) is 30.3 Å². The molecule has 1 aliphatic rings. The first-order valence-electron chi connectivity index (χ1n) is 9.05. The number of hydrogen-bond acceptors (Lipinski definition) is 3. The lowest BCUT2D eigenvalue weighted by Crippen LogP contribution is -2.27. The Morgan fingerprint density at radius 3 is 2.61 bits per heavy atom. The average Bonchev–Trinajstić information content (AvgIpc) is 2.70. The summed E-state index contributed by atoms with van der Waals surface area (Å²) in [5, 5.41) is 20.8. The number of benzene rings is 3. The lowest BCUT2D eigenvalue weighted by molar-refractivity contribution is 0.0508. The van der Waals surface area contributed by atoms with E-state index in [0.29, 0.717) is 28.5 Å². The summed E-state index contributed by atoms with van der Waals surface area (Å²) in [4.78, 5) is 11.5. The highest BCUT2D eigenvalue weighted by molar-refractivity contribution is 6.31. The zero-order valence-electron chi connectivity index (χ0n) is 15.0. The predicted molar refractivity (Wildman–Crippen MR) is 108 cm³/mol. The minimum Gasteiger partial charge on any atom is -0.493 e. The molecule has 0 bridgehead atoms. The number of aromatic carboxylic acids is 1. The van der Waals surface area contributed by atoms with Crippen LogP contribution in [0.5, 0.6) is 5.75 Å². The van der Waals surface area contributed by atoms with E-state index in [4.69, 9.17) is 16.3 Å². The van der Waals surface area contributed by atoms with Gasteiger partial charge in [0.15, 0.2) is 0 Å². The molecule has 0 amide bonds. The molecular formula is C23H19ClO4. The molecule has 3 aromatic carbocycles. The summed E-state index contributed by atoms with van der Waals surface area (Å²) in [6.07, 6.45) is 0.0806. The molecule has 28 heavy (non-hydrogen) atoms. The fourth-order valence-corrected chi connectivity index (χ4v) is 3.81. The highest BCUT2D eigenvalue weighted by Crippen LogP contribution is 2.40. The van der Waals surface area contributed by atoms with Gasteiger partial charge in [-0.2, -0.15) is 0 Å². The van der Waals surface area contributed by atoms with Crippen LogP contribution in [0.2, 0.25) is 5.02 Å². The molecule has 4 nitrogen and oxygen atoms in total. The minimum absolute atomic E-state index is 0.0403. The summed E-state index contributed by atoms with van der Waals surface area (Å²) >= 11 is 6.07. The van der Waals surface area contributed by atoms with Crippen molar-refractivity contribution in [2.75, 3.05) is 6.61 Å². The lowest BCUT2D eigenvalue weighted by atomic mass is 9.87. The molecular weight excluding hydrogens is 376 g/mol. The average molecular weight is 395 g/mol. The van der Waals surface area contributed by atoms with E-state index < -0.39 is 12.1 Å². The maximum atomic E-state index is 11.5. The van der Waals surface area contributed by atoms with E-state index in [1.165, 1.54) is 6.07 Å². The SMILES string of the molecule is O=C(O)c1ccc(Cl)cc1-c1ccc2c(c1)OC[C@H](Cc1ccccc1)[C@H]2O. The monoisotopic (exact) mass is 394 g/mol. The summed E-state index contributed by atoms with van der Waals surface area (Å²) in [6.45, 7) is 0.397. The molecule has 1 heterocycles. The number of fused-ring (bicyclic) bond motifs is 1. The molecule has 2 atom stereocenters. The number of aliphatic hydroxyl groups is 1. The van der Waals surface area contributed by atoms with Gasteiger partial charge in [-0.3, -0.25) is 0 Å². The van der Waals surface area contributed by atoms with Gasteiger partial charge in [-0.05, 0) is 47.4 Å². The summed E-state index contributed by atoms with van der Waals surface area (Å²) in [5.74, 6) is -0.486. The number of hydrogen-bond donors (Lipinski definition) is 2. The molecule has 3 aromatic rings. The molecule has 0 fully saturated rings. The number of rotatable bonds is 4. The first-order valence-corrected chi connectivity index (χ1v) is 9.42. The molecule has 4 rings (SSSR count). The van der Waals surface area contributed by atoms with Crippen LogP contribution in [-0.4, -0.2) is 22.8 Å². The summed E-state index contributed by atoms with van der Waals surface area (Å²) in [6, 6.07) is 20.1. The van der Waals surface area contributed by atoms with Crippen LogP contribution < -0.4 is 4.74 Å². The van der Waals surface area contributed by atoms with Crippen molar-refractivity contribution < 1.29 is 19.7 Å². The Kier molecular flexibility index (Phi) is 5.07. The van der Waals surface area contributed by atoms with Crippen molar-refractivity contribution in [2.45, 2.75) is 12.5 Å². The Bertz CT molecular complexity index is 1020. The molecule has 2 N–H and O–H groups in total. The second-order valence-corrected chi connectivity index (χ2v) is 7.39. The molecule has 0 saturated carbocycles. The van der Waals surface area contributed by atoms with Crippen molar-refractivity contribution >= 4 is 17.6 Å². The second kappa shape index (κ2) is 7.66. The van der Waals surface area contributed by atoms with Crippen LogP contribution >= 0.6 is 11.6 Å². The van der Waals surface area contributed by atoms with Crippen molar-refractivity contribution in [1.29, 1.82) is 0 Å². The lowest BCUT2D eigenvalue weighted by Gasteiger charge is -2.31. The molecule has 0 aromatic heterocycles. The van der Waals surface area contributed by atoms with Gasteiger partial charge in [0.25, 0.3) is 0 Å². The van der Waals surface area contributed by atoms with Crippen molar-refractivity contribution in [2.24, 2.45) is 5.92 Å². The number of carboxylic acids is 1. The molecule has 0 saturated heterocycles. The number of aliphatic hydroxyl groups excluding tert-OH is 1. The first kappa shape index (κ1) is 18.5.